The first-order valence-corrected chi connectivity index (χ1v) is 7.03. The van der Waals surface area contributed by atoms with E-state index in [4.69, 9.17) is 23.2 Å². The molecule has 1 aromatic carbocycles. The first kappa shape index (κ1) is 14.8. The van der Waals surface area contributed by atoms with Crippen LogP contribution in [0.5, 0.6) is 0 Å². The summed E-state index contributed by atoms with van der Waals surface area (Å²) in [6.07, 6.45) is 0. The van der Waals surface area contributed by atoms with Gasteiger partial charge in [-0.15, -0.1) is 11.3 Å². The minimum atomic E-state index is -0.525. The summed E-state index contributed by atoms with van der Waals surface area (Å²) in [4.78, 5) is 24.0. The molecule has 0 saturated carbocycles. The largest absolute Gasteiger partial charge is 0.465 e. The number of hydrogen-bond donors (Lipinski definition) is 1. The van der Waals surface area contributed by atoms with Gasteiger partial charge in [0.15, 0.2) is 0 Å². The Kier molecular flexibility index (Phi) is 4.65. The third kappa shape index (κ3) is 3.12. The topological polar surface area (TPSA) is 55.4 Å². The molecule has 0 fully saturated rings. The van der Waals surface area contributed by atoms with Crippen LogP contribution < -0.4 is 5.32 Å². The van der Waals surface area contributed by atoms with Gasteiger partial charge in [0.25, 0.3) is 5.91 Å². The molecule has 0 saturated heterocycles. The van der Waals surface area contributed by atoms with Gasteiger partial charge in [-0.25, -0.2) is 4.79 Å². The molecule has 0 atom stereocenters. The predicted octanol–water partition coefficient (Wildman–Crippen LogP) is 4.09. The molecular formula is C13H9Cl2NO3S. The van der Waals surface area contributed by atoms with Gasteiger partial charge in [-0.1, -0.05) is 35.3 Å². The molecule has 0 aliphatic carbocycles. The predicted molar refractivity (Wildman–Crippen MR) is 80.1 cm³/mol. The molecule has 0 aliphatic heterocycles. The molecule has 104 valence electrons. The summed E-state index contributed by atoms with van der Waals surface area (Å²) < 4.78 is 5.00. The number of methoxy groups -OCH3 is 1. The second-order valence-corrected chi connectivity index (χ2v) is 5.79. The van der Waals surface area contributed by atoms with Gasteiger partial charge < -0.3 is 10.1 Å². The van der Waals surface area contributed by atoms with Crippen LogP contribution in [0, 0.1) is 0 Å². The second kappa shape index (κ2) is 6.26. The zero-order chi connectivity index (χ0) is 14.7. The first-order chi connectivity index (χ1) is 9.52. The normalized spacial score (nSPS) is 10.2. The molecule has 1 aromatic heterocycles. The molecule has 1 amide bonds. The average Bonchev–Trinajstić information content (AvgIpc) is 2.78. The van der Waals surface area contributed by atoms with Crippen molar-refractivity contribution in [2.45, 2.75) is 0 Å². The molecule has 0 unspecified atom stereocenters. The summed E-state index contributed by atoms with van der Waals surface area (Å²) in [6.45, 7) is 0. The van der Waals surface area contributed by atoms with Crippen LogP contribution in [0.3, 0.4) is 0 Å². The Morgan fingerprint density at radius 2 is 1.95 bits per heavy atom. The minimum absolute atomic E-state index is 0.275. The Morgan fingerprint density at radius 1 is 1.25 bits per heavy atom. The highest BCUT2D eigenvalue weighted by atomic mass is 35.5. The van der Waals surface area contributed by atoms with E-state index in [0.29, 0.717) is 19.9 Å². The summed E-state index contributed by atoms with van der Waals surface area (Å²) in [5, 5.41) is 2.96. The van der Waals surface area contributed by atoms with E-state index in [2.05, 4.69) is 10.1 Å². The highest BCUT2D eigenvalue weighted by Crippen LogP contribution is 2.32. The summed E-state index contributed by atoms with van der Waals surface area (Å²) in [7, 11) is 1.28. The highest BCUT2D eigenvalue weighted by Gasteiger charge is 2.16. The monoisotopic (exact) mass is 329 g/mol. The molecule has 0 aliphatic rings. The lowest BCUT2D eigenvalue weighted by molar-refractivity contribution is 0.0602. The van der Waals surface area contributed by atoms with E-state index in [1.165, 1.54) is 13.2 Å². The van der Waals surface area contributed by atoms with Gasteiger partial charge in [-0.3, -0.25) is 4.79 Å². The number of ether oxygens (including phenoxy) is 1. The van der Waals surface area contributed by atoms with Crippen LogP contribution in [0.25, 0.3) is 0 Å². The number of halogens is 2. The summed E-state index contributed by atoms with van der Waals surface area (Å²) in [5.74, 6) is -0.914. The smallest absolute Gasteiger partial charge is 0.339 e. The highest BCUT2D eigenvalue weighted by molar-refractivity contribution is 7.18. The van der Waals surface area contributed by atoms with E-state index >= 15 is 0 Å². The third-order valence-corrected chi connectivity index (χ3v) is 4.31. The van der Waals surface area contributed by atoms with Crippen molar-refractivity contribution in [3.8, 4) is 0 Å². The van der Waals surface area contributed by atoms with Gasteiger partial charge in [-0.05, 0) is 18.2 Å². The van der Waals surface area contributed by atoms with Gasteiger partial charge in [0, 0.05) is 0 Å². The minimum Gasteiger partial charge on any atom is -0.465 e. The van der Waals surface area contributed by atoms with E-state index in [0.717, 1.165) is 11.3 Å². The van der Waals surface area contributed by atoms with E-state index in [-0.39, 0.29) is 11.5 Å². The van der Waals surface area contributed by atoms with Crippen molar-refractivity contribution in [3.63, 3.8) is 0 Å². The van der Waals surface area contributed by atoms with Gasteiger partial charge in [0.05, 0.1) is 28.3 Å². The van der Waals surface area contributed by atoms with Crippen molar-refractivity contribution < 1.29 is 14.3 Å². The molecular weight excluding hydrogens is 321 g/mol. The molecule has 1 heterocycles. The van der Waals surface area contributed by atoms with Gasteiger partial charge in [0.2, 0.25) is 0 Å². The number of nitrogens with one attached hydrogen (secondary N) is 1. The molecule has 4 nitrogen and oxygen atoms in total. The molecule has 0 bridgehead atoms. The maximum atomic E-state index is 12.1. The van der Waals surface area contributed by atoms with E-state index in [9.17, 15) is 9.59 Å². The van der Waals surface area contributed by atoms with Crippen LogP contribution in [0.4, 0.5) is 5.69 Å². The maximum Gasteiger partial charge on any atom is 0.339 e. The Morgan fingerprint density at radius 3 is 2.55 bits per heavy atom. The van der Waals surface area contributed by atoms with Crippen LogP contribution in [0.2, 0.25) is 9.36 Å². The summed E-state index contributed by atoms with van der Waals surface area (Å²) >= 11 is 12.7. The van der Waals surface area contributed by atoms with Crippen molar-refractivity contribution >= 4 is 52.1 Å². The quantitative estimate of drug-likeness (QED) is 0.862. The number of anilines is 1. The number of carbonyl (C=O) groups excluding carboxylic acids is 2. The number of esters is 1. The van der Waals surface area contributed by atoms with Crippen molar-refractivity contribution in [3.05, 3.63) is 50.1 Å². The molecule has 7 heteroatoms. The second-order valence-electron chi connectivity index (χ2n) is 3.72. The van der Waals surface area contributed by atoms with Crippen LogP contribution in [0.15, 0.2) is 30.3 Å². The van der Waals surface area contributed by atoms with E-state index < -0.39 is 5.97 Å². The summed E-state index contributed by atoms with van der Waals surface area (Å²) in [6, 6.07) is 8.04. The maximum absolute atomic E-state index is 12.1. The summed E-state index contributed by atoms with van der Waals surface area (Å²) in [5.41, 5.74) is 0.641. The molecule has 20 heavy (non-hydrogen) atoms. The Bertz CT molecular complexity index is 650. The molecule has 2 rings (SSSR count). The van der Waals surface area contributed by atoms with Crippen molar-refractivity contribution in [1.82, 2.24) is 0 Å². The lowest BCUT2D eigenvalue weighted by atomic mass is 10.2. The Labute approximate surface area is 129 Å². The Hall–Kier alpha value is -1.56. The van der Waals surface area contributed by atoms with Crippen molar-refractivity contribution in [1.29, 1.82) is 0 Å². The van der Waals surface area contributed by atoms with Crippen molar-refractivity contribution in [2.75, 3.05) is 12.4 Å². The number of carbonyl (C=O) groups is 2. The Balaban J connectivity index is 2.26. The van der Waals surface area contributed by atoms with Crippen LogP contribution in [0.1, 0.15) is 20.0 Å². The number of hydrogen-bond acceptors (Lipinski definition) is 4. The third-order valence-electron chi connectivity index (χ3n) is 2.45. The molecule has 0 spiro atoms. The SMILES string of the molecule is COC(=O)c1ccccc1NC(=O)c1cc(Cl)c(Cl)s1. The fourth-order valence-corrected chi connectivity index (χ4v) is 2.79. The average molecular weight is 330 g/mol. The number of benzene rings is 1. The fourth-order valence-electron chi connectivity index (χ4n) is 1.52. The van der Waals surface area contributed by atoms with E-state index in [1.54, 1.807) is 24.3 Å². The first-order valence-electron chi connectivity index (χ1n) is 5.46. The zero-order valence-corrected chi connectivity index (χ0v) is 12.6. The molecule has 0 radical (unpaired) electrons. The zero-order valence-electron chi connectivity index (χ0n) is 10.3. The number of amides is 1. The molecule has 2 aromatic rings. The standard InChI is InChI=1S/C13H9Cl2NO3S/c1-19-13(18)7-4-2-3-5-9(7)16-12(17)10-6-8(14)11(15)20-10/h2-6H,1H3,(H,16,17). The van der Waals surface area contributed by atoms with E-state index in [1.807, 2.05) is 0 Å². The van der Waals surface area contributed by atoms with Crippen LogP contribution in [-0.2, 0) is 4.74 Å². The van der Waals surface area contributed by atoms with Gasteiger partial charge >= 0.3 is 5.97 Å². The molecule has 1 N–H and O–H groups in total. The number of thiophene rings is 1. The van der Waals surface area contributed by atoms with Gasteiger partial charge in [-0.2, -0.15) is 0 Å². The van der Waals surface area contributed by atoms with Crippen LogP contribution in [-0.4, -0.2) is 19.0 Å². The lowest BCUT2D eigenvalue weighted by Crippen LogP contribution is -2.14. The number of rotatable bonds is 3. The lowest BCUT2D eigenvalue weighted by Gasteiger charge is -2.08. The van der Waals surface area contributed by atoms with Crippen LogP contribution >= 0.6 is 34.5 Å². The van der Waals surface area contributed by atoms with Gasteiger partial charge in [0.1, 0.15) is 4.34 Å². The fraction of sp³-hybridized carbons (Fsp3) is 0.0769. The van der Waals surface area contributed by atoms with Crippen molar-refractivity contribution in [2.24, 2.45) is 0 Å². The number of para-hydroxylation sites is 1.